The quantitative estimate of drug-likeness (QED) is 0.873. The molecule has 118 valence electrons. The minimum atomic E-state index is -0.674. The molecule has 1 aromatic carbocycles. The monoisotopic (exact) mass is 310 g/mol. The molecule has 1 heterocycles. The molecular weight excluding hydrogens is 292 g/mol. The fourth-order valence-electron chi connectivity index (χ4n) is 2.13. The normalized spacial score (nSPS) is 11.3. The number of aryl methyl sites for hydroxylation is 1. The lowest BCUT2D eigenvalue weighted by Gasteiger charge is -2.14. The third kappa shape index (κ3) is 4.20. The van der Waals surface area contributed by atoms with Gasteiger partial charge in [-0.1, -0.05) is 30.3 Å². The topological polar surface area (TPSA) is 86.9 Å². The van der Waals surface area contributed by atoms with E-state index in [4.69, 9.17) is 5.26 Å². The van der Waals surface area contributed by atoms with Crippen LogP contribution in [-0.2, 0) is 18.4 Å². The van der Waals surface area contributed by atoms with Crippen molar-refractivity contribution in [1.29, 1.82) is 5.26 Å². The summed E-state index contributed by atoms with van der Waals surface area (Å²) in [5.74, 6) is -0.659. The second-order valence-corrected chi connectivity index (χ2v) is 5.24. The Morgan fingerprint density at radius 1 is 1.30 bits per heavy atom. The predicted octanol–water partition coefficient (Wildman–Crippen LogP) is 1.33. The summed E-state index contributed by atoms with van der Waals surface area (Å²) < 4.78 is 1.56. The number of hydrogen-bond acceptors (Lipinski definition) is 3. The molecule has 1 aromatic heterocycles. The fourth-order valence-corrected chi connectivity index (χ4v) is 2.13. The molecule has 0 saturated carbocycles. The largest absolute Gasteiger partial charge is 0.350 e. The van der Waals surface area contributed by atoms with Crippen LogP contribution in [0.25, 0.3) is 0 Å². The number of hydrogen-bond donors (Lipinski definition) is 2. The van der Waals surface area contributed by atoms with Crippen LogP contribution in [0.3, 0.4) is 0 Å². The molecular formula is C17H18N4O2. The van der Waals surface area contributed by atoms with Gasteiger partial charge in [0.1, 0.15) is 17.8 Å². The molecule has 1 atom stereocenters. The highest BCUT2D eigenvalue weighted by Crippen LogP contribution is 2.06. The predicted molar refractivity (Wildman–Crippen MR) is 85.3 cm³/mol. The van der Waals surface area contributed by atoms with Crippen molar-refractivity contribution >= 4 is 11.8 Å². The highest BCUT2D eigenvalue weighted by Gasteiger charge is 2.18. The van der Waals surface area contributed by atoms with Crippen molar-refractivity contribution in [3.63, 3.8) is 0 Å². The van der Waals surface area contributed by atoms with Gasteiger partial charge in [0.2, 0.25) is 5.91 Å². The van der Waals surface area contributed by atoms with Crippen LogP contribution in [0.5, 0.6) is 0 Å². The summed E-state index contributed by atoms with van der Waals surface area (Å²) >= 11 is 0. The van der Waals surface area contributed by atoms with E-state index in [9.17, 15) is 9.59 Å². The number of benzene rings is 1. The zero-order valence-electron chi connectivity index (χ0n) is 13.0. The molecule has 0 fully saturated rings. The van der Waals surface area contributed by atoms with Gasteiger partial charge in [-0.2, -0.15) is 5.26 Å². The summed E-state index contributed by atoms with van der Waals surface area (Å²) in [6.45, 7) is 2.02. The zero-order valence-corrected chi connectivity index (χ0v) is 13.0. The van der Waals surface area contributed by atoms with Gasteiger partial charge < -0.3 is 15.2 Å². The maximum absolute atomic E-state index is 12.2. The minimum Gasteiger partial charge on any atom is -0.350 e. The first kappa shape index (κ1) is 16.3. The summed E-state index contributed by atoms with van der Waals surface area (Å²) in [7, 11) is 1.68. The molecule has 0 aliphatic rings. The maximum Gasteiger partial charge on any atom is 0.268 e. The third-order valence-corrected chi connectivity index (χ3v) is 3.42. The number of rotatable bonds is 5. The summed E-state index contributed by atoms with van der Waals surface area (Å²) in [6, 6.07) is 12.3. The van der Waals surface area contributed by atoms with Gasteiger partial charge in [-0.3, -0.25) is 9.59 Å². The van der Waals surface area contributed by atoms with Crippen molar-refractivity contribution < 1.29 is 9.59 Å². The molecule has 0 unspecified atom stereocenters. The molecule has 6 heteroatoms. The van der Waals surface area contributed by atoms with Crippen LogP contribution in [0.1, 0.15) is 28.5 Å². The maximum atomic E-state index is 12.2. The molecule has 0 aliphatic heterocycles. The van der Waals surface area contributed by atoms with Gasteiger partial charge in [0.05, 0.1) is 5.56 Å². The molecule has 0 radical (unpaired) electrons. The Morgan fingerprint density at radius 2 is 2.00 bits per heavy atom. The van der Waals surface area contributed by atoms with Gasteiger partial charge in [-0.15, -0.1) is 0 Å². The van der Waals surface area contributed by atoms with E-state index < -0.39 is 11.9 Å². The van der Waals surface area contributed by atoms with Crippen LogP contribution in [-0.4, -0.2) is 22.4 Å². The minimum absolute atomic E-state index is 0.267. The molecule has 0 saturated heterocycles. The number of nitrogens with one attached hydrogen (secondary N) is 2. The van der Waals surface area contributed by atoms with E-state index in [0.717, 1.165) is 5.56 Å². The van der Waals surface area contributed by atoms with Crippen LogP contribution in [0, 0.1) is 11.3 Å². The lowest BCUT2D eigenvalue weighted by atomic mass is 10.2. The molecule has 2 aromatic rings. The number of nitrogens with zero attached hydrogens (tertiary/aromatic N) is 2. The first-order chi connectivity index (χ1) is 11.0. The van der Waals surface area contributed by atoms with E-state index in [0.29, 0.717) is 17.8 Å². The van der Waals surface area contributed by atoms with Gasteiger partial charge in [-0.25, -0.2) is 0 Å². The van der Waals surface area contributed by atoms with Crippen LogP contribution in [0.4, 0.5) is 0 Å². The lowest BCUT2D eigenvalue weighted by molar-refractivity contribution is -0.122. The molecule has 0 bridgehead atoms. The van der Waals surface area contributed by atoms with Crippen LogP contribution in [0.15, 0.2) is 42.6 Å². The van der Waals surface area contributed by atoms with E-state index in [1.54, 1.807) is 24.7 Å². The number of amides is 2. The van der Waals surface area contributed by atoms with Crippen LogP contribution in [0.2, 0.25) is 0 Å². The van der Waals surface area contributed by atoms with Crippen molar-refractivity contribution in [3.8, 4) is 6.07 Å². The molecule has 2 amide bonds. The van der Waals surface area contributed by atoms with Gasteiger partial charge in [-0.05, 0) is 18.6 Å². The molecule has 6 nitrogen and oxygen atoms in total. The smallest absolute Gasteiger partial charge is 0.268 e. The second kappa shape index (κ2) is 7.27. The van der Waals surface area contributed by atoms with E-state index in [2.05, 4.69) is 10.6 Å². The Labute approximate surface area is 134 Å². The van der Waals surface area contributed by atoms with Gasteiger partial charge in [0, 0.05) is 19.8 Å². The number of nitriles is 1. The molecule has 23 heavy (non-hydrogen) atoms. The van der Waals surface area contributed by atoms with Gasteiger partial charge in [0.15, 0.2) is 0 Å². The molecule has 2 N–H and O–H groups in total. The SMILES string of the molecule is C[C@@H](NC(=O)c1cc(C#N)cn1C)C(=O)NCc1ccccc1. The Hall–Kier alpha value is -3.07. The van der Waals surface area contributed by atoms with Crippen molar-refractivity contribution in [1.82, 2.24) is 15.2 Å². The lowest BCUT2D eigenvalue weighted by Crippen LogP contribution is -2.44. The van der Waals surface area contributed by atoms with Crippen LogP contribution >= 0.6 is 0 Å². The first-order valence-corrected chi connectivity index (χ1v) is 7.20. The van der Waals surface area contributed by atoms with Gasteiger partial charge in [0.25, 0.3) is 5.91 Å². The summed E-state index contributed by atoms with van der Waals surface area (Å²) in [6.07, 6.45) is 1.56. The van der Waals surface area contributed by atoms with E-state index >= 15 is 0 Å². The summed E-state index contributed by atoms with van der Waals surface area (Å²) in [5.41, 5.74) is 1.73. The van der Waals surface area contributed by atoms with E-state index in [-0.39, 0.29) is 5.91 Å². The summed E-state index contributed by atoms with van der Waals surface area (Å²) in [5, 5.41) is 14.2. The number of aromatic nitrogens is 1. The second-order valence-electron chi connectivity index (χ2n) is 5.24. The molecule has 0 spiro atoms. The summed E-state index contributed by atoms with van der Waals surface area (Å²) in [4.78, 5) is 24.2. The van der Waals surface area contributed by atoms with Crippen LogP contribution < -0.4 is 10.6 Å². The van der Waals surface area contributed by atoms with Crippen molar-refractivity contribution in [2.75, 3.05) is 0 Å². The highest BCUT2D eigenvalue weighted by molar-refractivity contribution is 5.96. The van der Waals surface area contributed by atoms with Crippen molar-refractivity contribution in [3.05, 3.63) is 59.4 Å². The van der Waals surface area contributed by atoms with Crippen molar-refractivity contribution in [2.24, 2.45) is 7.05 Å². The molecule has 2 rings (SSSR count). The Bertz CT molecular complexity index is 744. The number of carbonyl (C=O) groups is 2. The average Bonchev–Trinajstić information content (AvgIpc) is 2.94. The highest BCUT2D eigenvalue weighted by atomic mass is 16.2. The average molecular weight is 310 g/mol. The Balaban J connectivity index is 1.91. The van der Waals surface area contributed by atoms with Gasteiger partial charge >= 0.3 is 0 Å². The third-order valence-electron chi connectivity index (χ3n) is 3.42. The first-order valence-electron chi connectivity index (χ1n) is 7.20. The van der Waals surface area contributed by atoms with Crippen molar-refractivity contribution in [2.45, 2.75) is 19.5 Å². The Morgan fingerprint density at radius 3 is 2.61 bits per heavy atom. The van der Waals surface area contributed by atoms with E-state index in [1.165, 1.54) is 6.07 Å². The molecule has 0 aliphatic carbocycles. The zero-order chi connectivity index (χ0) is 16.8. The van der Waals surface area contributed by atoms with E-state index in [1.807, 2.05) is 36.4 Å². The standard InChI is InChI=1S/C17H18N4O2/c1-12(16(22)19-10-13-6-4-3-5-7-13)20-17(23)15-8-14(9-18)11-21(15)2/h3-8,11-12H,10H2,1-2H3,(H,19,22)(H,20,23)/t12-/m1/s1. The Kier molecular flexibility index (Phi) is 5.15. The fraction of sp³-hybridized carbons (Fsp3) is 0.235. The number of carbonyl (C=O) groups excluding carboxylic acids is 2.